The van der Waals surface area contributed by atoms with Crippen LogP contribution in [0.5, 0.6) is 0 Å². The first-order valence-corrected chi connectivity index (χ1v) is 6.40. The van der Waals surface area contributed by atoms with Gasteiger partial charge in [0.1, 0.15) is 0 Å². The fraction of sp³-hybridized carbons (Fsp3) is 0.833. The molecule has 0 spiro atoms. The van der Waals surface area contributed by atoms with Crippen LogP contribution >= 0.6 is 0 Å². The molecule has 1 fully saturated rings. The van der Waals surface area contributed by atoms with E-state index in [4.69, 9.17) is 11.5 Å². The van der Waals surface area contributed by atoms with Gasteiger partial charge < -0.3 is 16.8 Å². The van der Waals surface area contributed by atoms with E-state index in [9.17, 15) is 9.59 Å². The van der Waals surface area contributed by atoms with Gasteiger partial charge >= 0.3 is 0 Å². The third kappa shape index (κ3) is 4.73. The number of hydrogen-bond acceptors (Lipinski definition) is 3. The largest absolute Gasteiger partial charge is 0.370 e. The minimum absolute atomic E-state index is 0.0451. The van der Waals surface area contributed by atoms with Gasteiger partial charge in [0.05, 0.1) is 5.54 Å². The summed E-state index contributed by atoms with van der Waals surface area (Å²) in [5.74, 6) is -0.338. The Morgan fingerprint density at radius 3 is 2.35 bits per heavy atom. The number of nitrogens with one attached hydrogen (secondary N) is 1. The summed E-state index contributed by atoms with van der Waals surface area (Å²) in [5, 5.41) is 2.85. The van der Waals surface area contributed by atoms with Crippen LogP contribution in [-0.2, 0) is 9.59 Å². The highest BCUT2D eigenvalue weighted by atomic mass is 16.2. The lowest BCUT2D eigenvalue weighted by Gasteiger charge is -2.31. The van der Waals surface area contributed by atoms with Gasteiger partial charge in [0, 0.05) is 13.0 Å². The molecule has 0 heterocycles. The van der Waals surface area contributed by atoms with Crippen LogP contribution in [-0.4, -0.2) is 23.9 Å². The first kappa shape index (κ1) is 14.0. The fourth-order valence-electron chi connectivity index (χ4n) is 2.21. The van der Waals surface area contributed by atoms with E-state index in [0.29, 0.717) is 19.4 Å². The zero-order valence-corrected chi connectivity index (χ0v) is 10.3. The Labute approximate surface area is 102 Å². The molecule has 1 aliphatic rings. The molecule has 5 nitrogen and oxygen atoms in total. The minimum atomic E-state index is -0.665. The monoisotopic (exact) mass is 241 g/mol. The smallest absolute Gasteiger partial charge is 0.240 e. The number of unbranched alkanes of at least 4 members (excludes halogenated alkanes) is 1. The number of nitrogens with two attached hydrogens (primary N) is 2. The third-order valence-electron chi connectivity index (χ3n) is 3.33. The second-order valence-electron chi connectivity index (χ2n) is 4.90. The number of primary amides is 1. The summed E-state index contributed by atoms with van der Waals surface area (Å²) in [5.41, 5.74) is 10.4. The number of hydrogen-bond donors (Lipinski definition) is 3. The quantitative estimate of drug-likeness (QED) is 0.588. The van der Waals surface area contributed by atoms with E-state index in [1.807, 2.05) is 0 Å². The highest BCUT2D eigenvalue weighted by molar-refractivity contribution is 5.86. The van der Waals surface area contributed by atoms with Crippen molar-refractivity contribution in [1.29, 1.82) is 0 Å². The molecule has 5 heteroatoms. The lowest BCUT2D eigenvalue weighted by molar-refractivity contribution is -0.127. The number of carbonyl (C=O) groups is 2. The maximum absolute atomic E-state index is 11.9. The van der Waals surface area contributed by atoms with Gasteiger partial charge in [0.25, 0.3) is 0 Å². The van der Waals surface area contributed by atoms with Crippen LogP contribution in [0.15, 0.2) is 0 Å². The highest BCUT2D eigenvalue weighted by Crippen LogP contribution is 2.25. The molecule has 0 aromatic rings. The van der Waals surface area contributed by atoms with Crippen LogP contribution in [0.4, 0.5) is 0 Å². The van der Waals surface area contributed by atoms with Crippen LogP contribution in [0.1, 0.15) is 51.4 Å². The van der Waals surface area contributed by atoms with Gasteiger partial charge in [-0.05, 0) is 25.7 Å². The molecule has 5 N–H and O–H groups in total. The van der Waals surface area contributed by atoms with E-state index in [0.717, 1.165) is 32.1 Å². The van der Waals surface area contributed by atoms with E-state index in [2.05, 4.69) is 5.32 Å². The molecule has 98 valence electrons. The molecule has 0 aromatic heterocycles. The molecule has 0 aromatic carbocycles. The predicted octanol–water partition coefficient (Wildman–Crippen LogP) is 0.420. The maximum Gasteiger partial charge on any atom is 0.240 e. The maximum atomic E-state index is 11.9. The lowest BCUT2D eigenvalue weighted by Crippen LogP contribution is -2.55. The molecule has 2 amide bonds. The molecule has 1 aliphatic carbocycles. The van der Waals surface area contributed by atoms with Gasteiger partial charge in [-0.3, -0.25) is 9.59 Å². The van der Waals surface area contributed by atoms with Crippen molar-refractivity contribution in [2.24, 2.45) is 11.5 Å². The van der Waals surface area contributed by atoms with E-state index in [-0.39, 0.29) is 11.8 Å². The van der Waals surface area contributed by atoms with Crippen molar-refractivity contribution >= 4 is 11.8 Å². The summed E-state index contributed by atoms with van der Waals surface area (Å²) in [7, 11) is 0. The predicted molar refractivity (Wildman–Crippen MR) is 66.1 cm³/mol. The van der Waals surface area contributed by atoms with E-state index in [1.165, 1.54) is 6.42 Å². The number of carbonyl (C=O) groups excluding carboxylic acids is 2. The van der Waals surface area contributed by atoms with Crippen LogP contribution in [0.3, 0.4) is 0 Å². The van der Waals surface area contributed by atoms with Crippen molar-refractivity contribution in [1.82, 2.24) is 5.32 Å². The SMILES string of the molecule is NC(=O)CCCCNC(=O)C1(N)CCCCC1. The van der Waals surface area contributed by atoms with Crippen LogP contribution in [0.25, 0.3) is 0 Å². The van der Waals surface area contributed by atoms with Crippen molar-refractivity contribution in [3.8, 4) is 0 Å². The molecule has 0 saturated heterocycles. The average Bonchev–Trinajstić information content (AvgIpc) is 2.29. The zero-order valence-electron chi connectivity index (χ0n) is 10.3. The Balaban J connectivity index is 2.17. The van der Waals surface area contributed by atoms with E-state index >= 15 is 0 Å². The van der Waals surface area contributed by atoms with Gasteiger partial charge in [0.15, 0.2) is 0 Å². The lowest BCUT2D eigenvalue weighted by atomic mass is 9.82. The summed E-state index contributed by atoms with van der Waals surface area (Å²) >= 11 is 0. The minimum Gasteiger partial charge on any atom is -0.370 e. The molecule has 0 radical (unpaired) electrons. The second-order valence-corrected chi connectivity index (χ2v) is 4.90. The molecular formula is C12H23N3O2. The summed E-state index contributed by atoms with van der Waals surface area (Å²) in [4.78, 5) is 22.4. The van der Waals surface area contributed by atoms with Gasteiger partial charge in [-0.1, -0.05) is 19.3 Å². The van der Waals surface area contributed by atoms with Gasteiger partial charge in [-0.2, -0.15) is 0 Å². The van der Waals surface area contributed by atoms with E-state index < -0.39 is 5.54 Å². The van der Waals surface area contributed by atoms with Gasteiger partial charge in [0.2, 0.25) is 11.8 Å². The van der Waals surface area contributed by atoms with Gasteiger partial charge in [-0.25, -0.2) is 0 Å². The molecule has 0 bridgehead atoms. The second kappa shape index (κ2) is 6.59. The molecule has 0 aliphatic heterocycles. The van der Waals surface area contributed by atoms with Gasteiger partial charge in [-0.15, -0.1) is 0 Å². The van der Waals surface area contributed by atoms with Crippen LogP contribution in [0, 0.1) is 0 Å². The molecular weight excluding hydrogens is 218 g/mol. The Morgan fingerprint density at radius 1 is 1.12 bits per heavy atom. The first-order valence-electron chi connectivity index (χ1n) is 6.40. The van der Waals surface area contributed by atoms with Crippen molar-refractivity contribution in [2.45, 2.75) is 56.9 Å². The normalized spacial score (nSPS) is 18.6. The Kier molecular flexibility index (Phi) is 5.41. The standard InChI is InChI=1S/C12H23N3O2/c13-10(16)6-2-5-9-15-11(17)12(14)7-3-1-4-8-12/h1-9,14H2,(H2,13,16)(H,15,17). The van der Waals surface area contributed by atoms with Crippen LogP contribution in [0.2, 0.25) is 0 Å². The summed E-state index contributed by atoms with van der Waals surface area (Å²) in [6.45, 7) is 0.574. The number of amides is 2. The Hall–Kier alpha value is -1.10. The molecule has 1 rings (SSSR count). The van der Waals surface area contributed by atoms with Crippen molar-refractivity contribution in [3.63, 3.8) is 0 Å². The topological polar surface area (TPSA) is 98.2 Å². The zero-order chi connectivity index (χ0) is 12.7. The first-order chi connectivity index (χ1) is 8.04. The molecule has 0 unspecified atom stereocenters. The van der Waals surface area contributed by atoms with Crippen molar-refractivity contribution < 1.29 is 9.59 Å². The number of rotatable bonds is 6. The fourth-order valence-corrected chi connectivity index (χ4v) is 2.21. The van der Waals surface area contributed by atoms with Crippen LogP contribution < -0.4 is 16.8 Å². The Bertz CT molecular complexity index is 273. The van der Waals surface area contributed by atoms with E-state index in [1.54, 1.807) is 0 Å². The Morgan fingerprint density at radius 2 is 1.76 bits per heavy atom. The average molecular weight is 241 g/mol. The summed E-state index contributed by atoms with van der Waals surface area (Å²) in [6.07, 6.45) is 6.66. The van der Waals surface area contributed by atoms with Crippen molar-refractivity contribution in [2.75, 3.05) is 6.54 Å². The molecule has 0 atom stereocenters. The highest BCUT2D eigenvalue weighted by Gasteiger charge is 2.34. The summed E-state index contributed by atoms with van der Waals surface area (Å²) < 4.78 is 0. The van der Waals surface area contributed by atoms with Crippen molar-refractivity contribution in [3.05, 3.63) is 0 Å². The molecule has 17 heavy (non-hydrogen) atoms. The third-order valence-corrected chi connectivity index (χ3v) is 3.33. The molecule has 1 saturated carbocycles. The summed E-state index contributed by atoms with van der Waals surface area (Å²) in [6, 6.07) is 0.